The molecule has 1 aliphatic rings. The Morgan fingerprint density at radius 3 is 1.95 bits per heavy atom. The van der Waals surface area contributed by atoms with E-state index in [0.29, 0.717) is 0 Å². The average molecular weight is 519 g/mol. The monoisotopic (exact) mass is 518 g/mol. The van der Waals surface area contributed by atoms with E-state index in [2.05, 4.69) is 72.5 Å². The number of aromatic nitrogens is 1. The second kappa shape index (κ2) is 10.1. The Hall–Kier alpha value is -5.35. The summed E-state index contributed by atoms with van der Waals surface area (Å²) in [5, 5.41) is 0. The van der Waals surface area contributed by atoms with Gasteiger partial charge in [-0.25, -0.2) is 4.98 Å². The summed E-state index contributed by atoms with van der Waals surface area (Å²) in [4.78, 5) is 7.29. The number of fused-ring (bicyclic) bond motifs is 2. The van der Waals surface area contributed by atoms with Gasteiger partial charge in [0, 0.05) is 16.8 Å². The third kappa shape index (κ3) is 4.46. The van der Waals surface area contributed by atoms with E-state index in [4.69, 9.17) is 14.5 Å². The number of nitrogens with zero attached hydrogens (tertiary/aromatic N) is 2. The number of hydrogen-bond donors (Lipinski definition) is 0. The van der Waals surface area contributed by atoms with Gasteiger partial charge in [-0.05, 0) is 85.3 Å². The minimum absolute atomic E-state index is 0.787. The second-order valence-corrected chi connectivity index (χ2v) is 9.72. The predicted molar refractivity (Wildman–Crippen MR) is 161 cm³/mol. The van der Waals surface area contributed by atoms with Crippen LogP contribution in [0.1, 0.15) is 5.56 Å². The number of pyridine rings is 1. The van der Waals surface area contributed by atoms with Gasteiger partial charge in [0.05, 0.1) is 22.8 Å². The molecule has 2 heterocycles. The summed E-state index contributed by atoms with van der Waals surface area (Å²) in [7, 11) is 0. The molecule has 6 aromatic rings. The Labute approximate surface area is 233 Å². The van der Waals surface area contributed by atoms with Gasteiger partial charge in [-0.1, -0.05) is 66.7 Å². The molecule has 4 nitrogen and oxygen atoms in total. The van der Waals surface area contributed by atoms with E-state index in [1.165, 1.54) is 0 Å². The van der Waals surface area contributed by atoms with Crippen molar-refractivity contribution in [2.24, 2.45) is 0 Å². The smallest absolute Gasteiger partial charge is 0.151 e. The van der Waals surface area contributed by atoms with Crippen molar-refractivity contribution in [1.29, 1.82) is 0 Å². The van der Waals surface area contributed by atoms with Crippen LogP contribution < -0.4 is 14.4 Å². The summed E-state index contributed by atoms with van der Waals surface area (Å²) < 4.78 is 12.3. The van der Waals surface area contributed by atoms with Crippen molar-refractivity contribution in [1.82, 2.24) is 4.98 Å². The topological polar surface area (TPSA) is 34.6 Å². The third-order valence-corrected chi connectivity index (χ3v) is 7.07. The van der Waals surface area contributed by atoms with Gasteiger partial charge in [-0.2, -0.15) is 0 Å². The minimum Gasteiger partial charge on any atom is -0.457 e. The lowest BCUT2D eigenvalue weighted by Gasteiger charge is -2.32. The maximum absolute atomic E-state index is 6.17. The SMILES string of the molecule is Cc1ccc(Oc2ccccc2)cc1-c1cccc(-c2ccc(N3c4ccccc4Oc4ccccc43)cc2)n1. The number of aryl methyl sites for hydroxylation is 1. The van der Waals surface area contributed by atoms with Crippen molar-refractivity contribution in [3.8, 4) is 45.5 Å². The summed E-state index contributed by atoms with van der Waals surface area (Å²) in [6, 6.07) is 46.9. The van der Waals surface area contributed by atoms with E-state index >= 15 is 0 Å². The van der Waals surface area contributed by atoms with Gasteiger partial charge in [0.1, 0.15) is 11.5 Å². The predicted octanol–water partition coefficient (Wildman–Crippen LogP) is 10.1. The van der Waals surface area contributed by atoms with E-state index in [0.717, 1.165) is 68.1 Å². The van der Waals surface area contributed by atoms with Crippen LogP contribution in [0.4, 0.5) is 17.1 Å². The summed E-state index contributed by atoms with van der Waals surface area (Å²) in [6.45, 7) is 2.10. The van der Waals surface area contributed by atoms with Gasteiger partial charge in [0.25, 0.3) is 0 Å². The molecular formula is C36H26N2O2. The molecule has 0 bridgehead atoms. The Bertz CT molecular complexity index is 1770. The molecule has 5 aromatic carbocycles. The molecule has 1 aliphatic heterocycles. The Morgan fingerprint density at radius 2 is 1.23 bits per heavy atom. The van der Waals surface area contributed by atoms with Crippen LogP contribution in [0, 0.1) is 6.92 Å². The van der Waals surface area contributed by atoms with E-state index in [1.807, 2.05) is 78.9 Å². The Morgan fingerprint density at radius 1 is 0.575 bits per heavy atom. The maximum Gasteiger partial charge on any atom is 0.151 e. The number of anilines is 3. The van der Waals surface area contributed by atoms with E-state index in [1.54, 1.807) is 0 Å². The van der Waals surface area contributed by atoms with Gasteiger partial charge < -0.3 is 14.4 Å². The highest BCUT2D eigenvalue weighted by molar-refractivity contribution is 5.86. The first-order chi connectivity index (χ1) is 19.7. The Balaban J connectivity index is 1.21. The highest BCUT2D eigenvalue weighted by Crippen LogP contribution is 2.50. The zero-order valence-electron chi connectivity index (χ0n) is 22.0. The molecule has 0 unspecified atom stereocenters. The molecule has 0 atom stereocenters. The number of para-hydroxylation sites is 5. The Kier molecular flexibility index (Phi) is 5.98. The third-order valence-electron chi connectivity index (χ3n) is 7.07. The zero-order chi connectivity index (χ0) is 26.9. The first-order valence-electron chi connectivity index (χ1n) is 13.3. The van der Waals surface area contributed by atoms with Gasteiger partial charge >= 0.3 is 0 Å². The number of benzene rings is 5. The van der Waals surface area contributed by atoms with Gasteiger partial charge in [-0.3, -0.25) is 0 Å². The van der Waals surface area contributed by atoms with E-state index in [-0.39, 0.29) is 0 Å². The second-order valence-electron chi connectivity index (χ2n) is 9.72. The van der Waals surface area contributed by atoms with Crippen molar-refractivity contribution in [3.05, 3.63) is 145 Å². The summed E-state index contributed by atoms with van der Waals surface area (Å²) in [5.41, 5.74) is 8.16. The van der Waals surface area contributed by atoms with Crippen LogP contribution in [-0.2, 0) is 0 Å². The molecule has 1 aromatic heterocycles. The highest BCUT2D eigenvalue weighted by atomic mass is 16.5. The van der Waals surface area contributed by atoms with Gasteiger partial charge in [-0.15, -0.1) is 0 Å². The molecule has 0 aliphatic carbocycles. The molecular weight excluding hydrogens is 492 g/mol. The molecule has 4 heteroatoms. The van der Waals surface area contributed by atoms with E-state index < -0.39 is 0 Å². The molecule has 0 fully saturated rings. The van der Waals surface area contributed by atoms with Crippen molar-refractivity contribution < 1.29 is 9.47 Å². The fourth-order valence-corrected chi connectivity index (χ4v) is 5.07. The number of hydrogen-bond acceptors (Lipinski definition) is 4. The lowest BCUT2D eigenvalue weighted by atomic mass is 10.0. The van der Waals surface area contributed by atoms with Crippen molar-refractivity contribution in [2.75, 3.05) is 4.90 Å². The summed E-state index contributed by atoms with van der Waals surface area (Å²) >= 11 is 0. The maximum atomic E-state index is 6.17. The summed E-state index contributed by atoms with van der Waals surface area (Å²) in [6.07, 6.45) is 0. The fraction of sp³-hybridized carbons (Fsp3) is 0.0278. The van der Waals surface area contributed by atoms with Gasteiger partial charge in [0.2, 0.25) is 0 Å². The van der Waals surface area contributed by atoms with E-state index in [9.17, 15) is 0 Å². The molecule has 0 radical (unpaired) electrons. The van der Waals surface area contributed by atoms with Crippen molar-refractivity contribution in [3.63, 3.8) is 0 Å². The largest absolute Gasteiger partial charge is 0.457 e. The van der Waals surface area contributed by atoms with Crippen molar-refractivity contribution in [2.45, 2.75) is 6.92 Å². The number of rotatable bonds is 5. The average Bonchev–Trinajstić information content (AvgIpc) is 3.01. The normalized spacial score (nSPS) is 11.8. The van der Waals surface area contributed by atoms with Crippen LogP contribution in [0.5, 0.6) is 23.0 Å². The first-order valence-corrected chi connectivity index (χ1v) is 13.3. The lowest BCUT2D eigenvalue weighted by Crippen LogP contribution is -2.15. The highest BCUT2D eigenvalue weighted by Gasteiger charge is 2.25. The molecule has 0 spiro atoms. The van der Waals surface area contributed by atoms with Crippen LogP contribution in [-0.4, -0.2) is 4.98 Å². The van der Waals surface area contributed by atoms with Gasteiger partial charge in [0.15, 0.2) is 11.5 Å². The molecule has 7 rings (SSSR count). The van der Waals surface area contributed by atoms with Crippen LogP contribution >= 0.6 is 0 Å². The fourth-order valence-electron chi connectivity index (χ4n) is 5.07. The zero-order valence-corrected chi connectivity index (χ0v) is 22.0. The van der Waals surface area contributed by atoms with Crippen LogP contribution in [0.15, 0.2) is 140 Å². The number of ether oxygens (including phenoxy) is 2. The minimum atomic E-state index is 0.787. The first kappa shape index (κ1) is 23.7. The molecule has 0 saturated carbocycles. The van der Waals surface area contributed by atoms with Crippen LogP contribution in [0.2, 0.25) is 0 Å². The standard InChI is InChI=1S/C36H26N2O2/c1-25-18-23-29(39-28-10-3-2-4-11-28)24-30(25)32-13-9-12-31(37-32)26-19-21-27(22-20-26)38-33-14-5-7-16-35(33)40-36-17-8-6-15-34(36)38/h2-24H,1H3. The van der Waals surface area contributed by atoms with Crippen LogP contribution in [0.3, 0.4) is 0 Å². The lowest BCUT2D eigenvalue weighted by molar-refractivity contribution is 0.477. The van der Waals surface area contributed by atoms with Crippen LogP contribution in [0.25, 0.3) is 22.5 Å². The molecule has 0 N–H and O–H groups in total. The molecule has 0 saturated heterocycles. The molecule has 0 amide bonds. The summed E-state index contributed by atoms with van der Waals surface area (Å²) in [5.74, 6) is 3.28. The quantitative estimate of drug-likeness (QED) is 0.227. The molecule has 192 valence electrons. The van der Waals surface area contributed by atoms with Crippen molar-refractivity contribution >= 4 is 17.1 Å². The molecule has 40 heavy (non-hydrogen) atoms.